The summed E-state index contributed by atoms with van der Waals surface area (Å²) in [6.45, 7) is 14.3. The number of rotatable bonds is 7. The molecule has 1 unspecified atom stereocenters. The van der Waals surface area contributed by atoms with Gasteiger partial charge in [-0.3, -0.25) is 4.79 Å². The molecule has 214 valence electrons. The molecule has 2 aliphatic rings. The lowest BCUT2D eigenvalue weighted by Crippen LogP contribution is -2.49. The number of aromatic nitrogens is 2. The first kappa shape index (κ1) is 29.1. The minimum Gasteiger partial charge on any atom is -0.508 e. The van der Waals surface area contributed by atoms with Gasteiger partial charge < -0.3 is 29.4 Å². The van der Waals surface area contributed by atoms with Gasteiger partial charge in [0.2, 0.25) is 5.91 Å². The van der Waals surface area contributed by atoms with Gasteiger partial charge in [-0.15, -0.1) is 0 Å². The zero-order valence-electron chi connectivity index (χ0n) is 24.4. The first-order chi connectivity index (χ1) is 19.3. The number of carbonyl (C=O) groups excluding carboxylic acids is 1. The molecule has 1 fully saturated rings. The zero-order valence-corrected chi connectivity index (χ0v) is 24.4. The summed E-state index contributed by atoms with van der Waals surface area (Å²) < 4.78 is 6.02. The predicted octanol–water partition coefficient (Wildman–Crippen LogP) is 4.09. The molecule has 3 aromatic rings. The van der Waals surface area contributed by atoms with Crippen LogP contribution in [0.2, 0.25) is 0 Å². The fourth-order valence-corrected chi connectivity index (χ4v) is 5.31. The maximum atomic E-state index is 12.1. The van der Waals surface area contributed by atoms with Gasteiger partial charge in [-0.25, -0.2) is 0 Å². The van der Waals surface area contributed by atoms with Crippen LogP contribution in [0, 0.1) is 0 Å². The van der Waals surface area contributed by atoms with Crippen LogP contribution in [0.3, 0.4) is 0 Å². The van der Waals surface area contributed by atoms with Crippen molar-refractivity contribution in [1.82, 2.24) is 19.8 Å². The number of ether oxygens (including phenoxy) is 1. The van der Waals surface area contributed by atoms with E-state index in [1.54, 1.807) is 6.07 Å². The third kappa shape index (κ3) is 6.31. The predicted molar refractivity (Wildman–Crippen MR) is 161 cm³/mol. The molecule has 9 heteroatoms. The van der Waals surface area contributed by atoms with Crippen LogP contribution in [0.25, 0.3) is 10.8 Å². The van der Waals surface area contributed by atoms with Gasteiger partial charge in [-0.2, -0.15) is 9.97 Å². The van der Waals surface area contributed by atoms with Crippen molar-refractivity contribution >= 4 is 28.2 Å². The van der Waals surface area contributed by atoms with Crippen LogP contribution in [0.4, 0.5) is 11.5 Å². The first-order valence-electron chi connectivity index (χ1n) is 14.2. The standard InChI is InChI=1S/C29H36N6O3.C2H6/c1-5-27(37)33-10-12-34(13-11-33)28-24-16-20(2)35(19-25(24)30-29(31-28)38-15-14-32(3)4)26-18-22(36)17-21-8-6-7-9-23(21)26;1-2/h5-9,17-18,20,36H,1,10-16,19H2,2-4H3;1-2H3. The number of carbonyl (C=O) groups is 1. The second-order valence-corrected chi connectivity index (χ2v) is 10.3. The summed E-state index contributed by atoms with van der Waals surface area (Å²) in [7, 11) is 4.01. The fourth-order valence-electron chi connectivity index (χ4n) is 5.31. The normalized spacial score (nSPS) is 16.9. The average Bonchev–Trinajstić information content (AvgIpc) is 2.96. The van der Waals surface area contributed by atoms with Gasteiger partial charge in [-0.05, 0) is 45.0 Å². The molecule has 0 bridgehead atoms. The van der Waals surface area contributed by atoms with Crippen molar-refractivity contribution in [2.45, 2.75) is 39.8 Å². The second kappa shape index (κ2) is 13.0. The first-order valence-corrected chi connectivity index (χ1v) is 14.2. The summed E-state index contributed by atoms with van der Waals surface area (Å²) in [5.41, 5.74) is 3.05. The van der Waals surface area contributed by atoms with Crippen LogP contribution in [0.1, 0.15) is 32.0 Å². The Hall–Kier alpha value is -3.85. The molecule has 0 saturated carbocycles. The molecule has 1 amide bonds. The minimum absolute atomic E-state index is 0.0373. The van der Waals surface area contributed by atoms with Gasteiger partial charge in [0.1, 0.15) is 18.2 Å². The number of hydrogen-bond acceptors (Lipinski definition) is 8. The molecule has 1 N–H and O–H groups in total. The van der Waals surface area contributed by atoms with Crippen molar-refractivity contribution < 1.29 is 14.6 Å². The number of hydrogen-bond donors (Lipinski definition) is 1. The van der Waals surface area contributed by atoms with Gasteiger partial charge in [0.05, 0.1) is 12.2 Å². The Balaban J connectivity index is 0.00000181. The molecule has 2 aliphatic heterocycles. The zero-order chi connectivity index (χ0) is 28.8. The van der Waals surface area contributed by atoms with E-state index in [0.717, 1.165) is 46.5 Å². The Bertz CT molecular complexity index is 1340. The topological polar surface area (TPSA) is 85.3 Å². The van der Waals surface area contributed by atoms with Gasteiger partial charge >= 0.3 is 6.01 Å². The third-order valence-electron chi connectivity index (χ3n) is 7.37. The van der Waals surface area contributed by atoms with Gasteiger partial charge in [0.15, 0.2) is 0 Å². The Morgan fingerprint density at radius 3 is 2.58 bits per heavy atom. The SMILES string of the molecule is C=CC(=O)N1CCN(c2nc(OCCN(C)C)nc3c2CC(C)N(c2cc(O)cc4ccccc24)C3)CC1.CC. The maximum absolute atomic E-state index is 12.1. The van der Waals surface area contributed by atoms with E-state index in [1.165, 1.54) is 6.08 Å². The number of likely N-dealkylation sites (N-methyl/N-ethyl adjacent to an activating group) is 1. The highest BCUT2D eigenvalue weighted by Crippen LogP contribution is 2.38. The van der Waals surface area contributed by atoms with E-state index in [2.05, 4.69) is 34.3 Å². The van der Waals surface area contributed by atoms with Crippen molar-refractivity contribution in [1.29, 1.82) is 0 Å². The van der Waals surface area contributed by atoms with E-state index in [0.29, 0.717) is 45.3 Å². The highest BCUT2D eigenvalue weighted by Gasteiger charge is 2.32. The monoisotopic (exact) mass is 546 g/mol. The smallest absolute Gasteiger partial charge is 0.318 e. The number of nitrogens with zero attached hydrogens (tertiary/aromatic N) is 6. The Morgan fingerprint density at radius 2 is 1.88 bits per heavy atom. The highest BCUT2D eigenvalue weighted by molar-refractivity contribution is 5.96. The Morgan fingerprint density at radius 1 is 1.15 bits per heavy atom. The summed E-state index contributed by atoms with van der Waals surface area (Å²) in [5.74, 6) is 1.11. The minimum atomic E-state index is -0.0373. The van der Waals surface area contributed by atoms with Crippen molar-refractivity contribution in [2.24, 2.45) is 0 Å². The Kier molecular flexibility index (Phi) is 9.47. The summed E-state index contributed by atoms with van der Waals surface area (Å²) in [5, 5.41) is 12.6. The molecular formula is C31H42N6O3. The number of phenols is 1. The van der Waals surface area contributed by atoms with Crippen LogP contribution in [0.5, 0.6) is 11.8 Å². The van der Waals surface area contributed by atoms with Crippen LogP contribution in [-0.2, 0) is 17.8 Å². The molecule has 9 nitrogen and oxygen atoms in total. The fraction of sp³-hybridized carbons (Fsp3) is 0.452. The number of amides is 1. The van der Waals surface area contributed by atoms with E-state index in [4.69, 9.17) is 14.7 Å². The molecule has 1 atom stereocenters. The lowest BCUT2D eigenvalue weighted by molar-refractivity contribution is -0.126. The number of piperazine rings is 1. The third-order valence-corrected chi connectivity index (χ3v) is 7.37. The molecule has 0 aliphatic carbocycles. The molecule has 5 rings (SSSR count). The van der Waals surface area contributed by atoms with Crippen LogP contribution < -0.4 is 14.5 Å². The van der Waals surface area contributed by atoms with Crippen molar-refractivity contribution in [3.63, 3.8) is 0 Å². The van der Waals surface area contributed by atoms with E-state index < -0.39 is 0 Å². The molecule has 3 heterocycles. The van der Waals surface area contributed by atoms with Crippen molar-refractivity contribution in [3.05, 3.63) is 60.3 Å². The molecule has 0 spiro atoms. The number of phenolic OH excluding ortho intramolecular Hbond substituents is 1. The van der Waals surface area contributed by atoms with Gasteiger partial charge in [0, 0.05) is 61.5 Å². The Labute approximate surface area is 237 Å². The number of benzene rings is 2. The number of fused-ring (bicyclic) bond motifs is 2. The number of aromatic hydroxyl groups is 1. The van der Waals surface area contributed by atoms with Gasteiger partial charge in [0.25, 0.3) is 0 Å². The lowest BCUT2D eigenvalue weighted by Gasteiger charge is -2.40. The number of anilines is 2. The molecular weight excluding hydrogens is 504 g/mol. The molecule has 1 saturated heterocycles. The van der Waals surface area contributed by atoms with E-state index in [-0.39, 0.29) is 17.7 Å². The molecule has 2 aromatic carbocycles. The highest BCUT2D eigenvalue weighted by atomic mass is 16.5. The van der Waals surface area contributed by atoms with E-state index in [9.17, 15) is 9.90 Å². The summed E-state index contributed by atoms with van der Waals surface area (Å²) in [6.07, 6.45) is 2.14. The quantitative estimate of drug-likeness (QED) is 0.444. The largest absolute Gasteiger partial charge is 0.508 e. The van der Waals surface area contributed by atoms with Crippen molar-refractivity contribution in [3.8, 4) is 11.8 Å². The second-order valence-electron chi connectivity index (χ2n) is 10.3. The van der Waals surface area contributed by atoms with Crippen LogP contribution >= 0.6 is 0 Å². The summed E-state index contributed by atoms with van der Waals surface area (Å²) in [4.78, 5) is 30.3. The summed E-state index contributed by atoms with van der Waals surface area (Å²) in [6, 6.07) is 12.3. The molecule has 1 aromatic heterocycles. The average molecular weight is 547 g/mol. The van der Waals surface area contributed by atoms with Crippen LogP contribution in [-0.4, -0.2) is 90.2 Å². The van der Waals surface area contributed by atoms with E-state index >= 15 is 0 Å². The van der Waals surface area contributed by atoms with Gasteiger partial charge in [-0.1, -0.05) is 44.7 Å². The molecule has 0 radical (unpaired) electrons. The van der Waals surface area contributed by atoms with Crippen molar-refractivity contribution in [2.75, 3.05) is 63.2 Å². The van der Waals surface area contributed by atoms with E-state index in [1.807, 2.05) is 57.1 Å². The maximum Gasteiger partial charge on any atom is 0.318 e. The lowest BCUT2D eigenvalue weighted by atomic mass is 9.96. The van der Waals surface area contributed by atoms with Crippen LogP contribution in [0.15, 0.2) is 49.1 Å². The summed E-state index contributed by atoms with van der Waals surface area (Å²) >= 11 is 0. The molecule has 40 heavy (non-hydrogen) atoms.